The van der Waals surface area contributed by atoms with Gasteiger partial charge in [-0.25, -0.2) is 15.0 Å². The second kappa shape index (κ2) is 6.14. The van der Waals surface area contributed by atoms with E-state index in [-0.39, 0.29) is 0 Å². The van der Waals surface area contributed by atoms with Crippen LogP contribution in [-0.4, -0.2) is 33.0 Å². The number of H-pyrrole nitrogens is 1. The number of rotatable bonds is 4. The Morgan fingerprint density at radius 1 is 1.12 bits per heavy atom. The zero-order valence-corrected chi connectivity index (χ0v) is 14.4. The average molecular weight is 333 g/mol. The maximum Gasteiger partial charge on any atom is 0.139 e. The number of aromatic amines is 1. The van der Waals surface area contributed by atoms with Gasteiger partial charge in [0.1, 0.15) is 12.0 Å². The summed E-state index contributed by atoms with van der Waals surface area (Å²) in [5.74, 6) is 1.85. The van der Waals surface area contributed by atoms with E-state index in [1.165, 1.54) is 49.7 Å². The molecule has 4 heterocycles. The van der Waals surface area contributed by atoms with Crippen LogP contribution < -0.4 is 4.90 Å². The number of hydrogen-bond acceptors (Lipinski definition) is 4. The van der Waals surface area contributed by atoms with Gasteiger partial charge in [0.25, 0.3) is 0 Å². The van der Waals surface area contributed by atoms with Crippen LogP contribution in [0.3, 0.4) is 0 Å². The first-order valence-corrected chi connectivity index (χ1v) is 9.35. The van der Waals surface area contributed by atoms with Gasteiger partial charge < -0.3 is 9.88 Å². The largest absolute Gasteiger partial charge is 0.371 e. The lowest BCUT2D eigenvalue weighted by molar-refractivity contribution is 0.375. The first-order chi connectivity index (χ1) is 12.4. The summed E-state index contributed by atoms with van der Waals surface area (Å²) < 4.78 is 0. The lowest BCUT2D eigenvalue weighted by atomic mass is 9.92. The van der Waals surface area contributed by atoms with E-state index in [1.807, 2.05) is 24.8 Å². The zero-order chi connectivity index (χ0) is 16.6. The van der Waals surface area contributed by atoms with E-state index >= 15 is 0 Å². The first-order valence-electron chi connectivity index (χ1n) is 9.35. The molecule has 0 spiro atoms. The molecule has 5 heteroatoms. The molecular formula is C20H23N5. The van der Waals surface area contributed by atoms with Gasteiger partial charge in [-0.3, -0.25) is 0 Å². The summed E-state index contributed by atoms with van der Waals surface area (Å²) in [5.41, 5.74) is 4.42. The van der Waals surface area contributed by atoms with Crippen molar-refractivity contribution in [2.75, 3.05) is 18.0 Å². The Kier molecular flexibility index (Phi) is 3.65. The third-order valence-electron chi connectivity index (χ3n) is 5.65. The molecule has 0 aromatic carbocycles. The van der Waals surface area contributed by atoms with Gasteiger partial charge >= 0.3 is 0 Å². The number of pyridine rings is 1. The molecule has 5 nitrogen and oxygen atoms in total. The minimum absolute atomic E-state index is 0.840. The Morgan fingerprint density at radius 3 is 2.84 bits per heavy atom. The fourth-order valence-corrected chi connectivity index (χ4v) is 4.27. The van der Waals surface area contributed by atoms with Crippen LogP contribution in [0, 0.1) is 11.8 Å². The summed E-state index contributed by atoms with van der Waals surface area (Å²) in [6, 6.07) is 2.17. The monoisotopic (exact) mass is 333 g/mol. The molecule has 1 N–H and O–H groups in total. The van der Waals surface area contributed by atoms with Crippen molar-refractivity contribution in [3.05, 3.63) is 37.2 Å². The molecule has 0 radical (unpaired) electrons. The van der Waals surface area contributed by atoms with Gasteiger partial charge in [-0.05, 0) is 37.2 Å². The van der Waals surface area contributed by atoms with Gasteiger partial charge in [0.15, 0.2) is 0 Å². The fraction of sp³-hybridized carbons (Fsp3) is 0.450. The Morgan fingerprint density at radius 2 is 2.00 bits per heavy atom. The number of hydrogen-bond donors (Lipinski definition) is 1. The second-order valence-corrected chi connectivity index (χ2v) is 7.52. The van der Waals surface area contributed by atoms with E-state index in [1.54, 1.807) is 6.33 Å². The molecule has 0 amide bonds. The predicted octanol–water partition coefficient (Wildman–Crippen LogP) is 4.04. The van der Waals surface area contributed by atoms with Crippen LogP contribution in [0.5, 0.6) is 0 Å². The fourth-order valence-electron chi connectivity index (χ4n) is 4.27. The van der Waals surface area contributed by atoms with Gasteiger partial charge in [0, 0.05) is 60.1 Å². The van der Waals surface area contributed by atoms with E-state index < -0.39 is 0 Å². The molecule has 3 aromatic heterocycles. The van der Waals surface area contributed by atoms with Gasteiger partial charge in [-0.15, -0.1) is 0 Å². The Bertz CT molecular complexity index is 868. The maximum absolute atomic E-state index is 4.54. The molecule has 128 valence electrons. The van der Waals surface area contributed by atoms with Crippen LogP contribution >= 0.6 is 0 Å². The smallest absolute Gasteiger partial charge is 0.139 e. The number of anilines is 1. The van der Waals surface area contributed by atoms with Crippen molar-refractivity contribution in [2.45, 2.75) is 32.1 Å². The van der Waals surface area contributed by atoms with E-state index in [2.05, 4.69) is 30.9 Å². The number of piperidine rings is 1. The van der Waals surface area contributed by atoms with Crippen LogP contribution in [0.4, 0.5) is 5.69 Å². The van der Waals surface area contributed by atoms with Gasteiger partial charge in [0.2, 0.25) is 0 Å². The molecule has 1 saturated heterocycles. The predicted molar refractivity (Wildman–Crippen MR) is 99.4 cm³/mol. The van der Waals surface area contributed by atoms with Crippen LogP contribution in [0.25, 0.3) is 22.2 Å². The third-order valence-corrected chi connectivity index (χ3v) is 5.65. The Hall–Kier alpha value is -2.43. The van der Waals surface area contributed by atoms with E-state index in [9.17, 15) is 0 Å². The molecule has 1 saturated carbocycles. The molecule has 25 heavy (non-hydrogen) atoms. The standard InChI is InChI=1S/C20H23N5/c1-2-15(8-14-3-4-14)12-25(7-1)18-5-6-23-20-19(18)17(11-24-20)16-9-21-13-22-10-16/h5-6,9-11,13-15H,1-4,7-8,12H2,(H,23,24)/t15-/m1/s1. The highest BCUT2D eigenvalue weighted by molar-refractivity contribution is 6.02. The van der Waals surface area contributed by atoms with Gasteiger partial charge in [-0.2, -0.15) is 0 Å². The molecule has 5 rings (SSSR count). The number of nitrogens with zero attached hydrogens (tertiary/aromatic N) is 4. The number of fused-ring (bicyclic) bond motifs is 1. The summed E-state index contributed by atoms with van der Waals surface area (Å²) in [7, 11) is 0. The first kappa shape index (κ1) is 14.9. The molecule has 3 aromatic rings. The highest BCUT2D eigenvalue weighted by atomic mass is 15.1. The molecule has 2 fully saturated rings. The third kappa shape index (κ3) is 2.88. The van der Waals surface area contributed by atoms with Crippen LogP contribution in [-0.2, 0) is 0 Å². The Labute approximate surface area is 147 Å². The molecular weight excluding hydrogens is 310 g/mol. The minimum atomic E-state index is 0.840. The zero-order valence-electron chi connectivity index (χ0n) is 14.4. The van der Waals surface area contributed by atoms with Gasteiger partial charge in [-0.1, -0.05) is 12.8 Å². The normalized spacial score (nSPS) is 21.0. The number of aromatic nitrogens is 4. The molecule has 0 unspecified atom stereocenters. The highest BCUT2D eigenvalue weighted by Gasteiger charge is 2.29. The lowest BCUT2D eigenvalue weighted by Crippen LogP contribution is -2.35. The molecule has 1 aliphatic carbocycles. The number of nitrogens with one attached hydrogen (secondary N) is 1. The van der Waals surface area contributed by atoms with Gasteiger partial charge in [0.05, 0.1) is 0 Å². The second-order valence-electron chi connectivity index (χ2n) is 7.52. The lowest BCUT2D eigenvalue weighted by Gasteiger charge is -2.35. The summed E-state index contributed by atoms with van der Waals surface area (Å²) in [6.07, 6.45) is 16.3. The molecule has 1 aliphatic heterocycles. The quantitative estimate of drug-likeness (QED) is 0.783. The van der Waals surface area contributed by atoms with Crippen LogP contribution in [0.15, 0.2) is 37.2 Å². The summed E-state index contributed by atoms with van der Waals surface area (Å²) in [5, 5.41) is 1.20. The molecule has 0 bridgehead atoms. The van der Waals surface area contributed by atoms with E-state index in [0.29, 0.717) is 0 Å². The van der Waals surface area contributed by atoms with Crippen molar-refractivity contribution >= 4 is 16.7 Å². The maximum atomic E-state index is 4.54. The average Bonchev–Trinajstić information content (AvgIpc) is 3.37. The summed E-state index contributed by atoms with van der Waals surface area (Å²) in [6.45, 7) is 2.31. The summed E-state index contributed by atoms with van der Waals surface area (Å²) >= 11 is 0. The van der Waals surface area contributed by atoms with Crippen molar-refractivity contribution in [3.8, 4) is 11.1 Å². The Balaban J connectivity index is 1.53. The van der Waals surface area contributed by atoms with Crippen LogP contribution in [0.2, 0.25) is 0 Å². The molecule has 1 atom stereocenters. The van der Waals surface area contributed by atoms with Crippen molar-refractivity contribution in [1.29, 1.82) is 0 Å². The highest BCUT2D eigenvalue weighted by Crippen LogP contribution is 2.40. The minimum Gasteiger partial charge on any atom is -0.371 e. The SMILES string of the molecule is c1ncc(-c2c[nH]c3nccc(N4CCC[C@H](CC5CC5)C4)c23)cn1. The van der Waals surface area contributed by atoms with Crippen molar-refractivity contribution in [2.24, 2.45) is 11.8 Å². The molecule has 2 aliphatic rings. The summed E-state index contributed by atoms with van der Waals surface area (Å²) in [4.78, 5) is 18.8. The van der Waals surface area contributed by atoms with E-state index in [4.69, 9.17) is 0 Å². The van der Waals surface area contributed by atoms with Crippen molar-refractivity contribution < 1.29 is 0 Å². The topological polar surface area (TPSA) is 57.7 Å². The van der Waals surface area contributed by atoms with Crippen molar-refractivity contribution in [1.82, 2.24) is 19.9 Å². The van der Waals surface area contributed by atoms with E-state index in [0.717, 1.165) is 35.2 Å². The van der Waals surface area contributed by atoms with Crippen molar-refractivity contribution in [3.63, 3.8) is 0 Å². The van der Waals surface area contributed by atoms with Crippen LogP contribution in [0.1, 0.15) is 32.1 Å².